The molecular weight excluding hydrogens is 759 g/mol. The van der Waals surface area contributed by atoms with E-state index in [4.69, 9.17) is 4.42 Å². The second-order valence-electron chi connectivity index (χ2n) is 15.7. The van der Waals surface area contributed by atoms with Gasteiger partial charge in [0.05, 0.1) is 0 Å². The molecule has 0 aliphatic rings. The maximum Gasteiger partial charge on any atom is 0.136 e. The molecule has 12 aromatic rings. The molecule has 10 aromatic carbocycles. The van der Waals surface area contributed by atoms with Gasteiger partial charge in [-0.3, -0.25) is 0 Å². The van der Waals surface area contributed by atoms with Crippen molar-refractivity contribution in [1.82, 2.24) is 0 Å². The van der Waals surface area contributed by atoms with Crippen molar-refractivity contribution in [3.63, 3.8) is 0 Å². The molecule has 2 nitrogen and oxygen atoms in total. The summed E-state index contributed by atoms with van der Waals surface area (Å²) < 4.78 is 8.93. The third kappa shape index (κ3) is 6.18. The lowest BCUT2D eigenvalue weighted by Crippen LogP contribution is -2.10. The van der Waals surface area contributed by atoms with Crippen molar-refractivity contribution in [3.8, 4) is 44.5 Å². The smallest absolute Gasteiger partial charge is 0.136 e. The Labute approximate surface area is 357 Å². The number of thiophene rings is 1. The predicted molar refractivity (Wildman–Crippen MR) is 261 cm³/mol. The Morgan fingerprint density at radius 1 is 0.311 bits per heavy atom. The Balaban J connectivity index is 0.954. The average Bonchev–Trinajstić information content (AvgIpc) is 3.90. The largest absolute Gasteiger partial charge is 0.456 e. The first-order chi connectivity index (χ1) is 30.2. The molecule has 0 saturated carbocycles. The molecule has 286 valence electrons. The number of hydrogen-bond acceptors (Lipinski definition) is 3. The molecule has 0 aliphatic carbocycles. The summed E-state index contributed by atoms with van der Waals surface area (Å²) >= 11 is 1.86. The summed E-state index contributed by atoms with van der Waals surface area (Å²) in [6.45, 7) is 0. The lowest BCUT2D eigenvalue weighted by molar-refractivity contribution is 0.669. The van der Waals surface area contributed by atoms with Crippen LogP contribution in [0.4, 0.5) is 17.1 Å². The summed E-state index contributed by atoms with van der Waals surface area (Å²) in [6, 6.07) is 81.2. The highest BCUT2D eigenvalue weighted by Crippen LogP contribution is 2.43. The predicted octanol–water partition coefficient (Wildman–Crippen LogP) is 17.2. The van der Waals surface area contributed by atoms with E-state index in [9.17, 15) is 0 Å². The molecule has 0 saturated heterocycles. The molecule has 0 unspecified atom stereocenters. The average molecular weight is 796 g/mol. The van der Waals surface area contributed by atoms with E-state index >= 15 is 0 Å². The van der Waals surface area contributed by atoms with Gasteiger partial charge in [-0.1, -0.05) is 164 Å². The first kappa shape index (κ1) is 35.2. The zero-order valence-corrected chi connectivity index (χ0v) is 33.9. The van der Waals surface area contributed by atoms with Gasteiger partial charge in [-0.25, -0.2) is 0 Å². The van der Waals surface area contributed by atoms with Crippen LogP contribution >= 0.6 is 11.3 Å². The molecule has 0 fully saturated rings. The van der Waals surface area contributed by atoms with Gasteiger partial charge in [0.2, 0.25) is 0 Å². The van der Waals surface area contributed by atoms with Crippen LogP contribution in [0, 0.1) is 0 Å². The van der Waals surface area contributed by atoms with Crippen molar-refractivity contribution in [2.75, 3.05) is 4.90 Å². The van der Waals surface area contributed by atoms with Crippen molar-refractivity contribution in [2.45, 2.75) is 0 Å². The van der Waals surface area contributed by atoms with Gasteiger partial charge in [0.15, 0.2) is 0 Å². The number of fused-ring (bicyclic) bond motifs is 7. The lowest BCUT2D eigenvalue weighted by atomic mass is 9.96. The minimum absolute atomic E-state index is 0.894. The van der Waals surface area contributed by atoms with E-state index in [1.54, 1.807) is 0 Å². The van der Waals surface area contributed by atoms with Crippen LogP contribution in [0.2, 0.25) is 0 Å². The maximum absolute atomic E-state index is 6.31. The summed E-state index contributed by atoms with van der Waals surface area (Å²) in [5.74, 6) is 0. The van der Waals surface area contributed by atoms with Crippen LogP contribution in [0.5, 0.6) is 0 Å². The Morgan fingerprint density at radius 2 is 0.869 bits per heavy atom. The van der Waals surface area contributed by atoms with Crippen LogP contribution in [0.25, 0.3) is 97.4 Å². The fourth-order valence-electron chi connectivity index (χ4n) is 9.13. The highest BCUT2D eigenvalue weighted by molar-refractivity contribution is 7.25. The number of para-hydroxylation sites is 1. The zero-order valence-electron chi connectivity index (χ0n) is 33.1. The Kier molecular flexibility index (Phi) is 8.39. The molecule has 3 heteroatoms. The third-order valence-corrected chi connectivity index (χ3v) is 13.2. The summed E-state index contributed by atoms with van der Waals surface area (Å²) in [6.07, 6.45) is 0. The third-order valence-electron chi connectivity index (χ3n) is 12.1. The minimum atomic E-state index is 0.894. The summed E-state index contributed by atoms with van der Waals surface area (Å²) in [7, 11) is 0. The van der Waals surface area contributed by atoms with Gasteiger partial charge in [0.25, 0.3) is 0 Å². The molecule has 0 atom stereocenters. The van der Waals surface area contributed by atoms with Crippen LogP contribution in [-0.2, 0) is 0 Å². The van der Waals surface area contributed by atoms with Gasteiger partial charge in [0, 0.05) is 48.0 Å². The molecule has 0 spiro atoms. The Hall–Kier alpha value is -7.72. The van der Waals surface area contributed by atoms with Gasteiger partial charge >= 0.3 is 0 Å². The van der Waals surface area contributed by atoms with Crippen LogP contribution in [0.1, 0.15) is 0 Å². The molecule has 2 heterocycles. The minimum Gasteiger partial charge on any atom is -0.456 e. The van der Waals surface area contributed by atoms with Gasteiger partial charge in [-0.2, -0.15) is 0 Å². The molecule has 0 N–H and O–H groups in total. The van der Waals surface area contributed by atoms with Crippen molar-refractivity contribution in [1.29, 1.82) is 0 Å². The molecule has 61 heavy (non-hydrogen) atoms. The number of anilines is 3. The summed E-state index contributed by atoms with van der Waals surface area (Å²) in [5, 5.41) is 7.41. The van der Waals surface area contributed by atoms with Crippen LogP contribution in [0.3, 0.4) is 0 Å². The van der Waals surface area contributed by atoms with E-state index in [0.29, 0.717) is 0 Å². The fraction of sp³-hybridized carbons (Fsp3) is 0. The lowest BCUT2D eigenvalue weighted by Gasteiger charge is -2.27. The number of nitrogens with zero attached hydrogens (tertiary/aromatic N) is 1. The second-order valence-corrected chi connectivity index (χ2v) is 16.8. The normalized spacial score (nSPS) is 11.6. The first-order valence-electron chi connectivity index (χ1n) is 20.7. The monoisotopic (exact) mass is 795 g/mol. The first-order valence-corrected chi connectivity index (χ1v) is 21.5. The molecule has 0 amide bonds. The van der Waals surface area contributed by atoms with E-state index in [2.05, 4.69) is 217 Å². The summed E-state index contributed by atoms with van der Waals surface area (Å²) in [5.41, 5.74) is 14.5. The van der Waals surface area contributed by atoms with Crippen LogP contribution < -0.4 is 4.90 Å². The Morgan fingerprint density at radius 3 is 1.70 bits per heavy atom. The molecule has 2 aromatic heterocycles. The van der Waals surface area contributed by atoms with Crippen LogP contribution in [-0.4, -0.2) is 0 Å². The molecule has 0 aliphatic heterocycles. The number of benzene rings is 10. The number of hydrogen-bond donors (Lipinski definition) is 0. The topological polar surface area (TPSA) is 16.4 Å². The zero-order chi connectivity index (χ0) is 40.3. The van der Waals surface area contributed by atoms with E-state index in [1.807, 2.05) is 23.5 Å². The van der Waals surface area contributed by atoms with Gasteiger partial charge in [-0.15, -0.1) is 11.3 Å². The van der Waals surface area contributed by atoms with Crippen molar-refractivity contribution < 1.29 is 4.42 Å². The highest BCUT2D eigenvalue weighted by atomic mass is 32.1. The van der Waals surface area contributed by atoms with Gasteiger partial charge in [-0.05, 0) is 116 Å². The SMILES string of the molecule is c1cc(-c2ccc3c(c2)sc2ccccc23)cc(N(c2ccc(-c3ccc(-c4cccc5ccccc45)cc3)cc2)c2cccc(-c3cccc4oc5ccccc5c34)c2)c1. The summed E-state index contributed by atoms with van der Waals surface area (Å²) in [4.78, 5) is 2.38. The molecule has 12 rings (SSSR count). The van der Waals surface area contributed by atoms with Gasteiger partial charge < -0.3 is 9.32 Å². The number of rotatable bonds is 7. The van der Waals surface area contributed by atoms with Crippen LogP contribution in [0.15, 0.2) is 229 Å². The number of furan rings is 1. The van der Waals surface area contributed by atoms with E-state index in [-0.39, 0.29) is 0 Å². The highest BCUT2D eigenvalue weighted by Gasteiger charge is 2.18. The van der Waals surface area contributed by atoms with Gasteiger partial charge in [0.1, 0.15) is 11.2 Å². The standard InChI is InChI=1S/C58H37NOS/c1-2-17-48-40(11-1)12-9-20-49(48)41-27-25-38(26-28-41)39-29-32-45(33-30-39)59(46-15-7-13-42(35-46)43-31-34-52-51-18-4-6-24-56(51)61-57(52)37-43)47-16-8-14-44(36-47)50-21-10-23-55-58(50)53-19-3-5-22-54(53)60-55/h1-37H. The van der Waals surface area contributed by atoms with E-state index in [0.717, 1.165) is 50.1 Å². The van der Waals surface area contributed by atoms with E-state index in [1.165, 1.54) is 64.3 Å². The quantitative estimate of drug-likeness (QED) is 0.160. The second kappa shape index (κ2) is 14.5. The van der Waals surface area contributed by atoms with E-state index < -0.39 is 0 Å². The molecular formula is C58H37NOS. The van der Waals surface area contributed by atoms with Crippen molar-refractivity contribution in [2.24, 2.45) is 0 Å². The van der Waals surface area contributed by atoms with Crippen molar-refractivity contribution >= 4 is 81.3 Å². The van der Waals surface area contributed by atoms with Crippen molar-refractivity contribution in [3.05, 3.63) is 224 Å². The maximum atomic E-state index is 6.31. The molecule has 0 bridgehead atoms. The Bertz CT molecular complexity index is 3590. The fourth-order valence-corrected chi connectivity index (χ4v) is 10.3. The molecule has 0 radical (unpaired) electrons.